The van der Waals surface area contributed by atoms with Crippen LogP contribution in [0.5, 0.6) is 0 Å². The van der Waals surface area contributed by atoms with Crippen molar-refractivity contribution in [1.29, 1.82) is 0 Å². The zero-order valence-electron chi connectivity index (χ0n) is 11.5. The van der Waals surface area contributed by atoms with Gasteiger partial charge in [-0.25, -0.2) is 0 Å². The van der Waals surface area contributed by atoms with Gasteiger partial charge in [-0.1, -0.05) is 6.92 Å². The molecule has 102 valence electrons. The summed E-state index contributed by atoms with van der Waals surface area (Å²) in [5, 5.41) is 12.6. The van der Waals surface area contributed by atoms with Crippen molar-refractivity contribution in [2.75, 3.05) is 39.4 Å². The largest absolute Gasteiger partial charge is 0.396 e. The van der Waals surface area contributed by atoms with Crippen LogP contribution < -0.4 is 5.32 Å². The van der Waals surface area contributed by atoms with Gasteiger partial charge >= 0.3 is 0 Å². The maximum atomic E-state index is 9.08. The molecule has 2 N–H and O–H groups in total. The summed E-state index contributed by atoms with van der Waals surface area (Å²) >= 11 is 0. The molecule has 1 saturated heterocycles. The van der Waals surface area contributed by atoms with E-state index in [-0.39, 0.29) is 12.2 Å². The number of nitrogens with one attached hydrogen (secondary N) is 1. The van der Waals surface area contributed by atoms with Gasteiger partial charge in [0.15, 0.2) is 0 Å². The number of aliphatic hydroxyl groups excluding tert-OH is 1. The van der Waals surface area contributed by atoms with Crippen molar-refractivity contribution >= 4 is 0 Å². The minimum atomic E-state index is -0.0349. The van der Waals surface area contributed by atoms with Gasteiger partial charge in [0, 0.05) is 32.3 Å². The fraction of sp³-hybridized carbons (Fsp3) is 1.00. The standard InChI is InChI=1S/C13H28N2O2/c1-4-6-14-12(5-8-16)10-15-7-9-17-13(2,3)11-15/h12,14,16H,4-11H2,1-3H3. The van der Waals surface area contributed by atoms with Gasteiger partial charge in [0.2, 0.25) is 0 Å². The average molecular weight is 244 g/mol. The molecule has 1 rings (SSSR count). The molecule has 17 heavy (non-hydrogen) atoms. The van der Waals surface area contributed by atoms with E-state index >= 15 is 0 Å². The topological polar surface area (TPSA) is 44.7 Å². The molecule has 0 saturated carbocycles. The number of hydrogen-bond donors (Lipinski definition) is 2. The Morgan fingerprint density at radius 2 is 2.24 bits per heavy atom. The van der Waals surface area contributed by atoms with Crippen molar-refractivity contribution in [2.24, 2.45) is 0 Å². The Labute approximate surface area is 105 Å². The first kappa shape index (κ1) is 14.9. The van der Waals surface area contributed by atoms with Gasteiger partial charge in [-0.15, -0.1) is 0 Å². The van der Waals surface area contributed by atoms with Crippen LogP contribution in [-0.4, -0.2) is 61.0 Å². The van der Waals surface area contributed by atoms with Crippen LogP contribution in [0, 0.1) is 0 Å². The second-order valence-electron chi connectivity index (χ2n) is 5.51. The number of ether oxygens (including phenoxy) is 1. The summed E-state index contributed by atoms with van der Waals surface area (Å²) in [5.41, 5.74) is -0.0349. The molecule has 1 fully saturated rings. The molecule has 4 nitrogen and oxygen atoms in total. The molecule has 4 heteroatoms. The molecule has 0 spiro atoms. The van der Waals surface area contributed by atoms with E-state index in [1.807, 2.05) is 0 Å². The second kappa shape index (κ2) is 7.31. The van der Waals surface area contributed by atoms with Crippen LogP contribution in [0.1, 0.15) is 33.6 Å². The lowest BCUT2D eigenvalue weighted by Crippen LogP contribution is -2.52. The number of aliphatic hydroxyl groups is 1. The van der Waals surface area contributed by atoms with Crippen LogP contribution in [0.15, 0.2) is 0 Å². The molecule has 1 aliphatic heterocycles. The number of hydrogen-bond acceptors (Lipinski definition) is 4. The van der Waals surface area contributed by atoms with Crippen LogP contribution in [0.3, 0.4) is 0 Å². The van der Waals surface area contributed by atoms with Crippen LogP contribution in [0.4, 0.5) is 0 Å². The monoisotopic (exact) mass is 244 g/mol. The van der Waals surface area contributed by atoms with E-state index in [1.54, 1.807) is 0 Å². The third-order valence-electron chi connectivity index (χ3n) is 3.14. The van der Waals surface area contributed by atoms with E-state index in [9.17, 15) is 0 Å². The van der Waals surface area contributed by atoms with Crippen molar-refractivity contribution in [3.05, 3.63) is 0 Å². The molecule has 0 aliphatic carbocycles. The maximum Gasteiger partial charge on any atom is 0.0753 e. The molecule has 0 radical (unpaired) electrons. The Morgan fingerprint density at radius 3 is 2.82 bits per heavy atom. The van der Waals surface area contributed by atoms with Crippen molar-refractivity contribution in [2.45, 2.75) is 45.3 Å². The fourth-order valence-electron chi connectivity index (χ4n) is 2.34. The molecule has 0 amide bonds. The van der Waals surface area contributed by atoms with E-state index in [0.29, 0.717) is 6.04 Å². The molecule has 0 bridgehead atoms. The van der Waals surface area contributed by atoms with Gasteiger partial charge in [-0.05, 0) is 33.2 Å². The third-order valence-corrected chi connectivity index (χ3v) is 3.14. The molecule has 1 heterocycles. The number of nitrogens with zero attached hydrogens (tertiary/aromatic N) is 1. The highest BCUT2D eigenvalue weighted by molar-refractivity contribution is 4.82. The van der Waals surface area contributed by atoms with Crippen LogP contribution in [-0.2, 0) is 4.74 Å². The highest BCUT2D eigenvalue weighted by Gasteiger charge is 2.28. The Hall–Kier alpha value is -0.160. The predicted octanol–water partition coefficient (Wildman–Crippen LogP) is 0.848. The van der Waals surface area contributed by atoms with Gasteiger partial charge < -0.3 is 15.2 Å². The predicted molar refractivity (Wildman–Crippen MR) is 70.3 cm³/mol. The Balaban J connectivity index is 2.37. The molecular weight excluding hydrogens is 216 g/mol. The first-order valence-electron chi connectivity index (χ1n) is 6.78. The average Bonchev–Trinajstić information content (AvgIpc) is 2.25. The normalized spacial score (nSPS) is 22.6. The van der Waals surface area contributed by atoms with Gasteiger partial charge in [0.25, 0.3) is 0 Å². The quantitative estimate of drug-likeness (QED) is 0.697. The lowest BCUT2D eigenvalue weighted by molar-refractivity contribution is -0.0878. The molecular formula is C13H28N2O2. The molecule has 1 atom stereocenters. The van der Waals surface area contributed by atoms with E-state index in [1.165, 1.54) is 0 Å². The summed E-state index contributed by atoms with van der Waals surface area (Å²) in [7, 11) is 0. The summed E-state index contributed by atoms with van der Waals surface area (Å²) in [6.45, 7) is 11.5. The van der Waals surface area contributed by atoms with Crippen molar-refractivity contribution in [1.82, 2.24) is 10.2 Å². The van der Waals surface area contributed by atoms with Crippen molar-refractivity contribution in [3.8, 4) is 0 Å². The van der Waals surface area contributed by atoms with Gasteiger partial charge in [-0.2, -0.15) is 0 Å². The minimum Gasteiger partial charge on any atom is -0.396 e. The van der Waals surface area contributed by atoms with E-state index in [4.69, 9.17) is 9.84 Å². The van der Waals surface area contributed by atoms with Gasteiger partial charge in [-0.3, -0.25) is 4.90 Å². The number of morpholine rings is 1. The van der Waals surface area contributed by atoms with E-state index in [2.05, 4.69) is 31.0 Å². The summed E-state index contributed by atoms with van der Waals surface area (Å²) in [6.07, 6.45) is 1.97. The summed E-state index contributed by atoms with van der Waals surface area (Å²) < 4.78 is 5.71. The zero-order valence-corrected chi connectivity index (χ0v) is 11.5. The Kier molecular flexibility index (Phi) is 6.41. The summed E-state index contributed by atoms with van der Waals surface area (Å²) in [6, 6.07) is 0.397. The Morgan fingerprint density at radius 1 is 1.47 bits per heavy atom. The van der Waals surface area contributed by atoms with Crippen LogP contribution in [0.2, 0.25) is 0 Å². The third kappa shape index (κ3) is 5.82. The lowest BCUT2D eigenvalue weighted by atomic mass is 10.1. The van der Waals surface area contributed by atoms with Crippen molar-refractivity contribution < 1.29 is 9.84 Å². The molecule has 1 aliphatic rings. The van der Waals surface area contributed by atoms with Crippen LogP contribution in [0.25, 0.3) is 0 Å². The Bertz CT molecular complexity index is 210. The molecule has 0 aromatic carbocycles. The van der Waals surface area contributed by atoms with Gasteiger partial charge in [0.1, 0.15) is 0 Å². The smallest absolute Gasteiger partial charge is 0.0753 e. The van der Waals surface area contributed by atoms with Gasteiger partial charge in [0.05, 0.1) is 12.2 Å². The fourth-order valence-corrected chi connectivity index (χ4v) is 2.34. The summed E-state index contributed by atoms with van der Waals surface area (Å²) in [5.74, 6) is 0. The number of rotatable bonds is 7. The highest BCUT2D eigenvalue weighted by atomic mass is 16.5. The van der Waals surface area contributed by atoms with Crippen molar-refractivity contribution in [3.63, 3.8) is 0 Å². The zero-order chi connectivity index (χ0) is 12.7. The highest BCUT2D eigenvalue weighted by Crippen LogP contribution is 2.16. The SMILES string of the molecule is CCCNC(CCO)CN1CCOC(C)(C)C1. The lowest BCUT2D eigenvalue weighted by Gasteiger charge is -2.39. The van der Waals surface area contributed by atoms with E-state index < -0.39 is 0 Å². The first-order valence-corrected chi connectivity index (χ1v) is 6.78. The van der Waals surface area contributed by atoms with E-state index in [0.717, 1.165) is 45.6 Å². The second-order valence-corrected chi connectivity index (χ2v) is 5.51. The maximum absolute atomic E-state index is 9.08. The summed E-state index contributed by atoms with van der Waals surface area (Å²) in [4.78, 5) is 2.44. The first-order chi connectivity index (χ1) is 8.07. The molecule has 0 aromatic rings. The minimum absolute atomic E-state index is 0.0349. The molecule has 0 aromatic heterocycles. The van der Waals surface area contributed by atoms with Crippen LogP contribution >= 0.6 is 0 Å². The molecule has 1 unspecified atom stereocenters.